The highest BCUT2D eigenvalue weighted by atomic mass is 16.5. The second kappa shape index (κ2) is 9.26. The smallest absolute Gasteiger partial charge is 0.163 e. The Kier molecular flexibility index (Phi) is 6.52. The minimum atomic E-state index is -0.272. The summed E-state index contributed by atoms with van der Waals surface area (Å²) in [6.07, 6.45) is 0.373. The van der Waals surface area contributed by atoms with Crippen molar-refractivity contribution in [2.75, 3.05) is 13.7 Å². The standard InChI is InChI=1S/C24H24O5/c1-16(25)23-20(11-12-28-2)24(22(27)14-21(23)26)18-9-6-10-19(13-18)29-15-17-7-4-3-5-8-17/h3-10,13-14,26-27H,11-12,15H2,1-2H3. The van der Waals surface area contributed by atoms with Crippen LogP contribution >= 0.6 is 0 Å². The maximum Gasteiger partial charge on any atom is 0.163 e. The van der Waals surface area contributed by atoms with Gasteiger partial charge in [-0.2, -0.15) is 0 Å². The lowest BCUT2D eigenvalue weighted by Gasteiger charge is -2.17. The first kappa shape index (κ1) is 20.4. The summed E-state index contributed by atoms with van der Waals surface area (Å²) in [6.45, 7) is 2.16. The molecular weight excluding hydrogens is 368 g/mol. The predicted molar refractivity (Wildman–Crippen MR) is 112 cm³/mol. The molecule has 0 aliphatic carbocycles. The summed E-state index contributed by atoms with van der Waals surface area (Å²) in [6, 6.07) is 18.3. The zero-order chi connectivity index (χ0) is 20.8. The van der Waals surface area contributed by atoms with Crippen molar-refractivity contribution in [1.82, 2.24) is 0 Å². The second-order valence-corrected chi connectivity index (χ2v) is 6.74. The SMILES string of the molecule is COCCc1c(C(C)=O)c(O)cc(O)c1-c1cccc(OCc2ccccc2)c1. The van der Waals surface area contributed by atoms with Gasteiger partial charge in [-0.25, -0.2) is 0 Å². The van der Waals surface area contributed by atoms with Crippen LogP contribution in [-0.2, 0) is 17.8 Å². The summed E-state index contributed by atoms with van der Waals surface area (Å²) in [4.78, 5) is 12.2. The number of rotatable bonds is 8. The van der Waals surface area contributed by atoms with Gasteiger partial charge in [0.15, 0.2) is 5.78 Å². The second-order valence-electron chi connectivity index (χ2n) is 6.74. The van der Waals surface area contributed by atoms with Gasteiger partial charge < -0.3 is 19.7 Å². The zero-order valence-corrected chi connectivity index (χ0v) is 16.5. The van der Waals surface area contributed by atoms with Gasteiger partial charge in [-0.05, 0) is 42.2 Å². The Bertz CT molecular complexity index is 996. The molecule has 0 heterocycles. The van der Waals surface area contributed by atoms with Crippen molar-refractivity contribution in [2.45, 2.75) is 20.0 Å². The maximum atomic E-state index is 12.2. The number of carbonyl (C=O) groups is 1. The van der Waals surface area contributed by atoms with Crippen molar-refractivity contribution < 1.29 is 24.5 Å². The third kappa shape index (κ3) is 4.76. The van der Waals surface area contributed by atoms with E-state index in [9.17, 15) is 15.0 Å². The van der Waals surface area contributed by atoms with Crippen LogP contribution in [0.2, 0.25) is 0 Å². The molecule has 0 fully saturated rings. The predicted octanol–water partition coefficient (Wildman–Crippen LogP) is 4.74. The molecule has 0 aliphatic heterocycles. The van der Waals surface area contributed by atoms with E-state index in [4.69, 9.17) is 9.47 Å². The first-order chi connectivity index (χ1) is 14.0. The highest BCUT2D eigenvalue weighted by Crippen LogP contribution is 2.41. The van der Waals surface area contributed by atoms with Gasteiger partial charge in [0.05, 0.1) is 12.2 Å². The van der Waals surface area contributed by atoms with E-state index in [0.717, 1.165) is 5.56 Å². The highest BCUT2D eigenvalue weighted by molar-refractivity contribution is 6.01. The van der Waals surface area contributed by atoms with Gasteiger partial charge >= 0.3 is 0 Å². The molecule has 3 aromatic carbocycles. The molecule has 0 bridgehead atoms. The fourth-order valence-corrected chi connectivity index (χ4v) is 3.36. The average molecular weight is 392 g/mol. The molecule has 150 valence electrons. The Hall–Kier alpha value is -3.31. The molecule has 0 unspecified atom stereocenters. The molecule has 0 amide bonds. The largest absolute Gasteiger partial charge is 0.507 e. The molecule has 2 N–H and O–H groups in total. The Morgan fingerprint density at radius 3 is 2.41 bits per heavy atom. The zero-order valence-electron chi connectivity index (χ0n) is 16.5. The van der Waals surface area contributed by atoms with Gasteiger partial charge in [-0.1, -0.05) is 42.5 Å². The summed E-state index contributed by atoms with van der Waals surface area (Å²) in [7, 11) is 1.56. The van der Waals surface area contributed by atoms with Crippen LogP contribution in [0.4, 0.5) is 0 Å². The minimum Gasteiger partial charge on any atom is -0.507 e. The van der Waals surface area contributed by atoms with Crippen molar-refractivity contribution in [2.24, 2.45) is 0 Å². The number of benzene rings is 3. The Morgan fingerprint density at radius 2 is 1.72 bits per heavy atom. The van der Waals surface area contributed by atoms with Crippen molar-refractivity contribution >= 4 is 5.78 Å². The molecule has 5 heteroatoms. The topological polar surface area (TPSA) is 76.0 Å². The average Bonchev–Trinajstić information content (AvgIpc) is 2.71. The van der Waals surface area contributed by atoms with Crippen LogP contribution in [0.5, 0.6) is 17.2 Å². The molecule has 0 saturated heterocycles. The lowest BCUT2D eigenvalue weighted by Crippen LogP contribution is -2.06. The molecule has 0 radical (unpaired) electrons. The van der Waals surface area contributed by atoms with E-state index in [1.807, 2.05) is 54.6 Å². The molecule has 3 aromatic rings. The molecule has 0 saturated carbocycles. The van der Waals surface area contributed by atoms with Crippen LogP contribution < -0.4 is 4.74 Å². The van der Waals surface area contributed by atoms with E-state index in [1.165, 1.54) is 13.0 Å². The van der Waals surface area contributed by atoms with Crippen molar-refractivity contribution in [3.05, 3.63) is 77.4 Å². The third-order valence-electron chi connectivity index (χ3n) is 4.67. The van der Waals surface area contributed by atoms with E-state index in [-0.39, 0.29) is 22.8 Å². The van der Waals surface area contributed by atoms with Crippen LogP contribution in [0.3, 0.4) is 0 Å². The number of carbonyl (C=O) groups excluding carboxylic acids is 1. The molecule has 0 spiro atoms. The van der Waals surface area contributed by atoms with Crippen LogP contribution in [0.15, 0.2) is 60.7 Å². The molecule has 5 nitrogen and oxygen atoms in total. The van der Waals surface area contributed by atoms with E-state index in [0.29, 0.717) is 42.1 Å². The Labute approximate surface area is 170 Å². The third-order valence-corrected chi connectivity index (χ3v) is 4.67. The minimum absolute atomic E-state index is 0.0983. The molecule has 29 heavy (non-hydrogen) atoms. The normalized spacial score (nSPS) is 10.7. The number of phenolic OH excluding ortho intramolecular Hbond substituents is 2. The van der Waals surface area contributed by atoms with Crippen molar-refractivity contribution in [3.63, 3.8) is 0 Å². The lowest BCUT2D eigenvalue weighted by molar-refractivity contribution is 0.101. The maximum absolute atomic E-state index is 12.2. The Morgan fingerprint density at radius 1 is 0.966 bits per heavy atom. The van der Waals surface area contributed by atoms with Gasteiger partial charge in [0, 0.05) is 18.7 Å². The van der Waals surface area contributed by atoms with Crippen LogP contribution in [0.1, 0.15) is 28.4 Å². The summed E-state index contributed by atoms with van der Waals surface area (Å²) < 4.78 is 11.1. The number of hydrogen-bond donors (Lipinski definition) is 2. The fourth-order valence-electron chi connectivity index (χ4n) is 3.36. The summed E-state index contributed by atoms with van der Waals surface area (Å²) in [5.41, 5.74) is 2.99. The number of hydrogen-bond acceptors (Lipinski definition) is 5. The number of phenols is 2. The molecule has 3 rings (SSSR count). The Balaban J connectivity index is 2.01. The monoisotopic (exact) mass is 392 g/mol. The van der Waals surface area contributed by atoms with E-state index in [1.54, 1.807) is 7.11 Å². The lowest BCUT2D eigenvalue weighted by atomic mass is 9.90. The van der Waals surface area contributed by atoms with Crippen LogP contribution in [-0.4, -0.2) is 29.7 Å². The molecule has 0 aliphatic rings. The van der Waals surface area contributed by atoms with Crippen molar-refractivity contribution in [1.29, 1.82) is 0 Å². The molecule has 0 atom stereocenters. The molecule has 0 aromatic heterocycles. The van der Waals surface area contributed by atoms with Gasteiger partial charge in [0.1, 0.15) is 23.9 Å². The van der Waals surface area contributed by atoms with Gasteiger partial charge in [-0.3, -0.25) is 4.79 Å². The summed E-state index contributed by atoms with van der Waals surface area (Å²) in [5.74, 6) is 0.0346. The van der Waals surface area contributed by atoms with Crippen LogP contribution in [0.25, 0.3) is 11.1 Å². The quantitative estimate of drug-likeness (QED) is 0.542. The van der Waals surface area contributed by atoms with E-state index < -0.39 is 0 Å². The first-order valence-corrected chi connectivity index (χ1v) is 9.36. The number of methoxy groups -OCH3 is 1. The van der Waals surface area contributed by atoms with Crippen LogP contribution in [0, 0.1) is 0 Å². The summed E-state index contributed by atoms with van der Waals surface area (Å²) >= 11 is 0. The number of aromatic hydroxyl groups is 2. The highest BCUT2D eigenvalue weighted by Gasteiger charge is 2.22. The number of ether oxygens (including phenoxy) is 2. The number of ketones is 1. The number of Topliss-reactive ketones (excluding diaryl/α,β-unsaturated/α-hetero) is 1. The van der Waals surface area contributed by atoms with E-state index >= 15 is 0 Å². The first-order valence-electron chi connectivity index (χ1n) is 9.36. The fraction of sp³-hybridized carbons (Fsp3) is 0.208. The summed E-state index contributed by atoms with van der Waals surface area (Å²) in [5, 5.41) is 20.8. The van der Waals surface area contributed by atoms with Gasteiger partial charge in [0.2, 0.25) is 0 Å². The van der Waals surface area contributed by atoms with Gasteiger partial charge in [0.25, 0.3) is 0 Å². The van der Waals surface area contributed by atoms with Gasteiger partial charge in [-0.15, -0.1) is 0 Å². The molecular formula is C24H24O5. The van der Waals surface area contributed by atoms with E-state index in [2.05, 4.69) is 0 Å². The van der Waals surface area contributed by atoms with Crippen molar-refractivity contribution in [3.8, 4) is 28.4 Å².